The molecule has 8 nitrogen and oxygen atoms in total. The van der Waals surface area contributed by atoms with Crippen LogP contribution in [0.1, 0.15) is 37.7 Å². The highest BCUT2D eigenvalue weighted by molar-refractivity contribution is 6.06. The number of carbonyl (C=O) groups excluding carboxylic acids is 1. The minimum absolute atomic E-state index is 0.0382. The number of aliphatic hydroxyl groups excluding tert-OH is 1. The van der Waals surface area contributed by atoms with Crippen LogP contribution in [0.15, 0.2) is 59.8 Å². The number of benzene rings is 2. The number of nitrogens with zero attached hydrogens (tertiary/aromatic N) is 3. The second-order valence-corrected chi connectivity index (χ2v) is 7.62. The molecule has 172 valence electrons. The second-order valence-electron chi connectivity index (χ2n) is 7.62. The molecule has 0 aliphatic carbocycles. The van der Waals surface area contributed by atoms with Crippen LogP contribution in [0.5, 0.6) is 5.75 Å². The number of nitrogens with one attached hydrogen (secondary N) is 2. The van der Waals surface area contributed by atoms with Crippen molar-refractivity contribution in [1.82, 2.24) is 14.8 Å². The highest BCUT2D eigenvalue weighted by atomic mass is 19.1. The number of fused-ring (bicyclic) bond motifs is 1. The minimum Gasteiger partial charge on any atom is -0.494 e. The molecule has 0 fully saturated rings. The normalized spacial score (nSPS) is 15.1. The van der Waals surface area contributed by atoms with Crippen molar-refractivity contribution in [2.75, 3.05) is 23.8 Å². The molecule has 9 heteroatoms. The number of ether oxygens (including phenoxy) is 1. The lowest BCUT2D eigenvalue weighted by Gasteiger charge is -2.29. The van der Waals surface area contributed by atoms with Gasteiger partial charge in [0.25, 0.3) is 5.91 Å². The van der Waals surface area contributed by atoms with Crippen LogP contribution in [-0.2, 0) is 11.2 Å². The van der Waals surface area contributed by atoms with Crippen LogP contribution < -0.4 is 15.4 Å². The fraction of sp³-hybridized carbons (Fsp3) is 0.292. The Morgan fingerprint density at radius 2 is 2.00 bits per heavy atom. The Kier molecular flexibility index (Phi) is 6.69. The van der Waals surface area contributed by atoms with Gasteiger partial charge < -0.3 is 20.5 Å². The second kappa shape index (κ2) is 9.83. The number of para-hydroxylation sites is 1. The number of halogens is 1. The summed E-state index contributed by atoms with van der Waals surface area (Å²) in [6, 6.07) is 12.5. The predicted molar refractivity (Wildman–Crippen MR) is 123 cm³/mol. The zero-order valence-electron chi connectivity index (χ0n) is 18.5. The van der Waals surface area contributed by atoms with Crippen molar-refractivity contribution in [3.05, 3.63) is 77.0 Å². The van der Waals surface area contributed by atoms with Gasteiger partial charge in [-0.1, -0.05) is 18.2 Å². The van der Waals surface area contributed by atoms with E-state index in [1.165, 1.54) is 24.3 Å². The summed E-state index contributed by atoms with van der Waals surface area (Å²) in [7, 11) is 0. The average molecular weight is 452 g/mol. The monoisotopic (exact) mass is 451 g/mol. The van der Waals surface area contributed by atoms with Crippen LogP contribution >= 0.6 is 0 Å². The summed E-state index contributed by atoms with van der Waals surface area (Å²) in [6.07, 6.45) is 1.04. The van der Waals surface area contributed by atoms with E-state index in [1.807, 2.05) is 31.2 Å². The first-order chi connectivity index (χ1) is 16.0. The van der Waals surface area contributed by atoms with Crippen molar-refractivity contribution in [3.8, 4) is 5.75 Å². The van der Waals surface area contributed by atoms with Crippen molar-refractivity contribution in [2.45, 2.75) is 32.7 Å². The molecule has 0 spiro atoms. The lowest BCUT2D eigenvalue weighted by atomic mass is 9.94. The molecule has 1 aromatic heterocycles. The number of hydrogen-bond donors (Lipinski definition) is 3. The third-order valence-corrected chi connectivity index (χ3v) is 5.32. The molecular weight excluding hydrogens is 425 g/mol. The smallest absolute Gasteiger partial charge is 0.255 e. The van der Waals surface area contributed by atoms with Gasteiger partial charge in [0.1, 0.15) is 17.6 Å². The van der Waals surface area contributed by atoms with Crippen molar-refractivity contribution >= 4 is 17.5 Å². The van der Waals surface area contributed by atoms with E-state index >= 15 is 0 Å². The summed E-state index contributed by atoms with van der Waals surface area (Å²) in [5.41, 5.74) is 2.31. The van der Waals surface area contributed by atoms with Crippen LogP contribution in [0.2, 0.25) is 0 Å². The van der Waals surface area contributed by atoms with Crippen LogP contribution in [0, 0.1) is 5.82 Å². The van der Waals surface area contributed by atoms with Crippen LogP contribution in [0.3, 0.4) is 0 Å². The fourth-order valence-electron chi connectivity index (χ4n) is 3.85. The summed E-state index contributed by atoms with van der Waals surface area (Å²) in [4.78, 5) is 18.0. The molecule has 1 aliphatic rings. The number of anilines is 2. The third kappa shape index (κ3) is 4.73. The van der Waals surface area contributed by atoms with E-state index in [4.69, 9.17) is 4.74 Å². The lowest BCUT2D eigenvalue weighted by molar-refractivity contribution is -0.113. The van der Waals surface area contributed by atoms with E-state index in [-0.39, 0.29) is 18.3 Å². The number of hydrogen-bond acceptors (Lipinski definition) is 6. The molecule has 2 aromatic carbocycles. The van der Waals surface area contributed by atoms with E-state index in [2.05, 4.69) is 20.7 Å². The van der Waals surface area contributed by atoms with Gasteiger partial charge >= 0.3 is 0 Å². The maximum absolute atomic E-state index is 13.5. The van der Waals surface area contributed by atoms with Crippen molar-refractivity contribution in [1.29, 1.82) is 0 Å². The van der Waals surface area contributed by atoms with E-state index in [9.17, 15) is 14.3 Å². The van der Waals surface area contributed by atoms with Gasteiger partial charge in [0.15, 0.2) is 5.82 Å². The predicted octanol–water partition coefficient (Wildman–Crippen LogP) is 3.67. The molecule has 1 unspecified atom stereocenters. The van der Waals surface area contributed by atoms with Crippen LogP contribution in [-0.4, -0.2) is 39.0 Å². The van der Waals surface area contributed by atoms with Crippen LogP contribution in [0.25, 0.3) is 0 Å². The molecule has 0 bridgehead atoms. The number of aliphatic hydroxyl groups is 1. The van der Waals surface area contributed by atoms with Gasteiger partial charge in [0.2, 0.25) is 5.95 Å². The lowest BCUT2D eigenvalue weighted by Crippen LogP contribution is -2.31. The Balaban J connectivity index is 1.79. The zero-order chi connectivity index (χ0) is 23.4. The number of aryl methyl sites for hydroxylation is 1. The first-order valence-electron chi connectivity index (χ1n) is 10.8. The Morgan fingerprint density at radius 1 is 1.24 bits per heavy atom. The van der Waals surface area contributed by atoms with E-state index < -0.39 is 6.04 Å². The summed E-state index contributed by atoms with van der Waals surface area (Å²) < 4.78 is 20.9. The largest absolute Gasteiger partial charge is 0.494 e. The van der Waals surface area contributed by atoms with Gasteiger partial charge in [-0.15, -0.1) is 0 Å². The SMILES string of the molecule is CCOc1ccccc1C1C(C(=O)Nc2ccc(F)cc2)=C(C)Nc2nc(CCCO)nn21. The van der Waals surface area contributed by atoms with Crippen molar-refractivity contribution in [3.63, 3.8) is 0 Å². The topological polar surface area (TPSA) is 101 Å². The third-order valence-electron chi connectivity index (χ3n) is 5.32. The van der Waals surface area contributed by atoms with Gasteiger partial charge in [-0.3, -0.25) is 4.79 Å². The van der Waals surface area contributed by atoms with Gasteiger partial charge in [0.05, 0.1) is 12.2 Å². The molecule has 33 heavy (non-hydrogen) atoms. The molecular formula is C24H26FN5O3. The summed E-state index contributed by atoms with van der Waals surface area (Å²) in [5, 5.41) is 19.9. The van der Waals surface area contributed by atoms with Gasteiger partial charge in [-0.05, 0) is 50.6 Å². The highest BCUT2D eigenvalue weighted by Crippen LogP contribution is 2.39. The highest BCUT2D eigenvalue weighted by Gasteiger charge is 2.35. The minimum atomic E-state index is -0.597. The summed E-state index contributed by atoms with van der Waals surface area (Å²) in [5.74, 6) is 0.994. The molecule has 1 amide bonds. The Bertz CT molecular complexity index is 1170. The molecule has 0 saturated carbocycles. The Hall–Kier alpha value is -3.72. The zero-order valence-corrected chi connectivity index (χ0v) is 18.5. The van der Waals surface area contributed by atoms with Crippen molar-refractivity contribution in [2.24, 2.45) is 0 Å². The standard InChI is InChI=1S/C24H26FN5O3/c1-3-33-19-8-5-4-7-18(19)22-21(23(32)27-17-12-10-16(25)11-13-17)15(2)26-24-28-20(9-6-14-31)29-30(22)24/h4-5,7-8,10-13,22,31H,3,6,9,14H2,1-2H3,(H,27,32)(H,26,28,29). The Morgan fingerprint density at radius 3 is 2.73 bits per heavy atom. The van der Waals surface area contributed by atoms with E-state index in [1.54, 1.807) is 11.6 Å². The fourth-order valence-corrected chi connectivity index (χ4v) is 3.85. The van der Waals surface area contributed by atoms with E-state index in [0.717, 1.165) is 5.56 Å². The number of amides is 1. The maximum Gasteiger partial charge on any atom is 0.255 e. The first kappa shape index (κ1) is 22.5. The molecule has 3 aromatic rings. The molecule has 2 heterocycles. The Labute approximate surface area is 191 Å². The average Bonchev–Trinajstić information content (AvgIpc) is 3.21. The van der Waals surface area contributed by atoms with Crippen LogP contribution in [0.4, 0.5) is 16.0 Å². The molecule has 0 radical (unpaired) electrons. The van der Waals surface area contributed by atoms with Gasteiger partial charge in [0, 0.05) is 30.0 Å². The number of aromatic nitrogens is 3. The molecule has 4 rings (SSSR count). The quantitative estimate of drug-likeness (QED) is 0.483. The van der Waals surface area contributed by atoms with E-state index in [0.29, 0.717) is 53.9 Å². The number of carbonyl (C=O) groups is 1. The van der Waals surface area contributed by atoms with Crippen molar-refractivity contribution < 1.29 is 19.0 Å². The maximum atomic E-state index is 13.5. The van der Waals surface area contributed by atoms with Gasteiger partial charge in [-0.2, -0.15) is 10.1 Å². The molecule has 3 N–H and O–H groups in total. The van der Waals surface area contributed by atoms with Gasteiger partial charge in [-0.25, -0.2) is 9.07 Å². The molecule has 1 aliphatic heterocycles. The summed E-state index contributed by atoms with van der Waals surface area (Å²) >= 11 is 0. The summed E-state index contributed by atoms with van der Waals surface area (Å²) in [6.45, 7) is 4.21. The molecule has 1 atom stereocenters. The number of rotatable bonds is 8. The first-order valence-corrected chi connectivity index (χ1v) is 10.8. The molecule has 0 saturated heterocycles. The number of allylic oxidation sites excluding steroid dienone is 1.